The van der Waals surface area contributed by atoms with Crippen molar-refractivity contribution in [3.05, 3.63) is 60.0 Å². The molecule has 0 amide bonds. The molecule has 1 fully saturated rings. The van der Waals surface area contributed by atoms with Gasteiger partial charge >= 0.3 is 0 Å². The lowest BCUT2D eigenvalue weighted by atomic mass is 10.0. The standard InChI is InChI=1S/C19H19N3/c1-13-21-18(12-19(22-13)17-10-5-11-20-17)16-9-4-7-14-6-2-3-8-15(14)16/h2-4,6-9,12,17,20H,5,10-11H2,1H3/t17-/m0/s1. The van der Waals surface area contributed by atoms with Crippen molar-refractivity contribution in [3.63, 3.8) is 0 Å². The zero-order chi connectivity index (χ0) is 14.9. The molecule has 22 heavy (non-hydrogen) atoms. The van der Waals surface area contributed by atoms with Gasteiger partial charge in [0.05, 0.1) is 11.4 Å². The van der Waals surface area contributed by atoms with Crippen LogP contribution in [-0.2, 0) is 0 Å². The fourth-order valence-electron chi connectivity index (χ4n) is 3.29. The molecule has 1 atom stereocenters. The van der Waals surface area contributed by atoms with Gasteiger partial charge < -0.3 is 5.32 Å². The van der Waals surface area contributed by atoms with Crippen LogP contribution in [0.25, 0.3) is 22.0 Å². The Morgan fingerprint density at radius 3 is 2.77 bits per heavy atom. The summed E-state index contributed by atoms with van der Waals surface area (Å²) in [5.41, 5.74) is 3.32. The van der Waals surface area contributed by atoms with E-state index in [-0.39, 0.29) is 0 Å². The summed E-state index contributed by atoms with van der Waals surface area (Å²) in [6.07, 6.45) is 2.38. The van der Waals surface area contributed by atoms with Crippen LogP contribution < -0.4 is 5.32 Å². The van der Waals surface area contributed by atoms with Gasteiger partial charge in [-0.05, 0) is 43.1 Å². The quantitative estimate of drug-likeness (QED) is 0.774. The van der Waals surface area contributed by atoms with Crippen molar-refractivity contribution in [2.45, 2.75) is 25.8 Å². The first-order valence-electron chi connectivity index (χ1n) is 7.88. The number of hydrogen-bond donors (Lipinski definition) is 1. The number of aromatic nitrogens is 2. The van der Waals surface area contributed by atoms with Crippen LogP contribution in [0.4, 0.5) is 0 Å². The third-order valence-corrected chi connectivity index (χ3v) is 4.34. The van der Waals surface area contributed by atoms with Crippen molar-refractivity contribution in [2.24, 2.45) is 0 Å². The van der Waals surface area contributed by atoms with Crippen molar-refractivity contribution in [2.75, 3.05) is 6.54 Å². The lowest BCUT2D eigenvalue weighted by Crippen LogP contribution is -2.15. The lowest BCUT2D eigenvalue weighted by molar-refractivity contribution is 0.623. The molecule has 0 saturated carbocycles. The van der Waals surface area contributed by atoms with Crippen molar-refractivity contribution >= 4 is 10.8 Å². The first-order valence-corrected chi connectivity index (χ1v) is 7.88. The molecule has 3 nitrogen and oxygen atoms in total. The molecular weight excluding hydrogens is 270 g/mol. The predicted octanol–water partition coefficient (Wildman–Crippen LogP) is 4.03. The maximum Gasteiger partial charge on any atom is 0.126 e. The van der Waals surface area contributed by atoms with E-state index in [9.17, 15) is 0 Å². The summed E-state index contributed by atoms with van der Waals surface area (Å²) in [6.45, 7) is 3.06. The molecule has 1 aliphatic rings. The van der Waals surface area contributed by atoms with Gasteiger partial charge in [0.25, 0.3) is 0 Å². The lowest BCUT2D eigenvalue weighted by Gasteiger charge is -2.13. The fraction of sp³-hybridized carbons (Fsp3) is 0.263. The molecule has 3 aromatic rings. The topological polar surface area (TPSA) is 37.8 Å². The van der Waals surface area contributed by atoms with E-state index in [1.54, 1.807) is 0 Å². The smallest absolute Gasteiger partial charge is 0.126 e. The molecule has 2 aromatic carbocycles. The maximum atomic E-state index is 4.69. The molecule has 1 aromatic heterocycles. The number of fused-ring (bicyclic) bond motifs is 1. The summed E-state index contributed by atoms with van der Waals surface area (Å²) >= 11 is 0. The van der Waals surface area contributed by atoms with Gasteiger partial charge in [0.2, 0.25) is 0 Å². The Balaban J connectivity index is 1.87. The zero-order valence-corrected chi connectivity index (χ0v) is 12.7. The number of aryl methyl sites for hydroxylation is 1. The van der Waals surface area contributed by atoms with Gasteiger partial charge in [-0.3, -0.25) is 0 Å². The normalized spacial score (nSPS) is 18.0. The van der Waals surface area contributed by atoms with Crippen molar-refractivity contribution in [1.82, 2.24) is 15.3 Å². The first kappa shape index (κ1) is 13.4. The first-order chi connectivity index (χ1) is 10.8. The molecule has 110 valence electrons. The molecule has 0 radical (unpaired) electrons. The van der Waals surface area contributed by atoms with E-state index >= 15 is 0 Å². The molecule has 0 unspecified atom stereocenters. The second-order valence-corrected chi connectivity index (χ2v) is 5.90. The molecule has 0 spiro atoms. The Morgan fingerprint density at radius 1 is 1.05 bits per heavy atom. The summed E-state index contributed by atoms with van der Waals surface area (Å²) < 4.78 is 0. The molecule has 3 heteroatoms. The van der Waals surface area contributed by atoms with Gasteiger partial charge in [0.15, 0.2) is 0 Å². The average Bonchev–Trinajstić information content (AvgIpc) is 3.08. The van der Waals surface area contributed by atoms with E-state index in [2.05, 4.69) is 63.8 Å². The largest absolute Gasteiger partial charge is 0.309 e. The summed E-state index contributed by atoms with van der Waals surface area (Å²) in [5, 5.41) is 6.02. The Morgan fingerprint density at radius 2 is 1.91 bits per heavy atom. The molecule has 4 rings (SSSR count). The van der Waals surface area contributed by atoms with Crippen LogP contribution in [0.2, 0.25) is 0 Å². The Bertz CT molecular complexity index is 815. The van der Waals surface area contributed by atoms with Crippen molar-refractivity contribution < 1.29 is 0 Å². The minimum atomic E-state index is 0.371. The van der Waals surface area contributed by atoms with Crippen LogP contribution in [0.3, 0.4) is 0 Å². The third-order valence-electron chi connectivity index (χ3n) is 4.34. The number of nitrogens with zero attached hydrogens (tertiary/aromatic N) is 2. The number of hydrogen-bond acceptors (Lipinski definition) is 3. The van der Waals surface area contributed by atoms with Gasteiger partial charge in [-0.15, -0.1) is 0 Å². The van der Waals surface area contributed by atoms with E-state index < -0.39 is 0 Å². The minimum Gasteiger partial charge on any atom is -0.309 e. The van der Waals surface area contributed by atoms with E-state index in [1.807, 2.05) is 6.92 Å². The molecule has 1 N–H and O–H groups in total. The van der Waals surface area contributed by atoms with Gasteiger partial charge in [-0.1, -0.05) is 42.5 Å². The van der Waals surface area contributed by atoms with E-state index in [0.29, 0.717) is 6.04 Å². The highest BCUT2D eigenvalue weighted by Crippen LogP contribution is 2.30. The number of benzene rings is 2. The van der Waals surface area contributed by atoms with Crippen LogP contribution >= 0.6 is 0 Å². The highest BCUT2D eigenvalue weighted by atomic mass is 15.0. The van der Waals surface area contributed by atoms with E-state index in [1.165, 1.54) is 22.8 Å². The SMILES string of the molecule is Cc1nc(-c2cccc3ccccc23)cc([C@@H]2CCCN2)n1. The van der Waals surface area contributed by atoms with Gasteiger partial charge in [0, 0.05) is 11.6 Å². The predicted molar refractivity (Wildman–Crippen MR) is 89.7 cm³/mol. The van der Waals surface area contributed by atoms with Gasteiger partial charge in [-0.25, -0.2) is 9.97 Å². The zero-order valence-electron chi connectivity index (χ0n) is 12.7. The van der Waals surface area contributed by atoms with Crippen LogP contribution in [0.1, 0.15) is 30.4 Å². The third kappa shape index (κ3) is 2.38. The molecular formula is C19H19N3. The molecule has 1 aliphatic heterocycles. The maximum absolute atomic E-state index is 4.69. The molecule has 2 heterocycles. The second-order valence-electron chi connectivity index (χ2n) is 5.90. The van der Waals surface area contributed by atoms with Crippen LogP contribution in [0, 0.1) is 6.92 Å². The van der Waals surface area contributed by atoms with E-state index in [4.69, 9.17) is 0 Å². The minimum absolute atomic E-state index is 0.371. The Kier molecular flexibility index (Phi) is 3.35. The van der Waals surface area contributed by atoms with E-state index in [0.717, 1.165) is 30.2 Å². The summed E-state index contributed by atoms with van der Waals surface area (Å²) in [4.78, 5) is 9.33. The van der Waals surface area contributed by atoms with Crippen LogP contribution in [0.5, 0.6) is 0 Å². The highest BCUT2D eigenvalue weighted by molar-refractivity contribution is 5.95. The Labute approximate surface area is 130 Å². The summed E-state index contributed by atoms with van der Waals surface area (Å²) in [5.74, 6) is 0.842. The molecule has 0 bridgehead atoms. The fourth-order valence-corrected chi connectivity index (χ4v) is 3.29. The van der Waals surface area contributed by atoms with Crippen molar-refractivity contribution in [3.8, 4) is 11.3 Å². The summed E-state index contributed by atoms with van der Waals surface area (Å²) in [6, 6.07) is 17.4. The molecule has 1 saturated heterocycles. The van der Waals surface area contributed by atoms with Gasteiger partial charge in [-0.2, -0.15) is 0 Å². The van der Waals surface area contributed by atoms with Crippen LogP contribution in [0.15, 0.2) is 48.5 Å². The molecule has 0 aliphatic carbocycles. The van der Waals surface area contributed by atoms with Crippen LogP contribution in [-0.4, -0.2) is 16.5 Å². The highest BCUT2D eigenvalue weighted by Gasteiger charge is 2.19. The number of nitrogens with one attached hydrogen (secondary N) is 1. The average molecular weight is 289 g/mol. The summed E-state index contributed by atoms with van der Waals surface area (Å²) in [7, 11) is 0. The van der Waals surface area contributed by atoms with Crippen molar-refractivity contribution in [1.29, 1.82) is 0 Å². The Hall–Kier alpha value is -2.26. The van der Waals surface area contributed by atoms with Gasteiger partial charge in [0.1, 0.15) is 5.82 Å². The number of rotatable bonds is 2. The monoisotopic (exact) mass is 289 g/mol. The second kappa shape index (κ2) is 5.50.